The van der Waals surface area contributed by atoms with E-state index in [2.05, 4.69) is 0 Å². The summed E-state index contributed by atoms with van der Waals surface area (Å²) < 4.78 is 10.6. The number of benzene rings is 1. The third kappa shape index (κ3) is 4.75. The van der Waals surface area contributed by atoms with Gasteiger partial charge in [-0.1, -0.05) is 18.2 Å². The number of hydrogen-bond donors (Lipinski definition) is 1. The topological polar surface area (TPSA) is 76.1 Å². The Balaban J connectivity index is 1.68. The molecule has 0 aromatic heterocycles. The summed E-state index contributed by atoms with van der Waals surface area (Å²) in [6, 6.07) is 9.41. The Bertz CT molecular complexity index is 476. The Morgan fingerprint density at radius 2 is 2.10 bits per heavy atom. The maximum Gasteiger partial charge on any atom is 0.334 e. The molecule has 6 heteroatoms. The Kier molecular flexibility index (Phi) is 5.57. The van der Waals surface area contributed by atoms with Crippen molar-refractivity contribution in [1.82, 2.24) is 4.90 Å². The second-order valence-electron chi connectivity index (χ2n) is 4.80. The van der Waals surface area contributed by atoms with Crippen LogP contribution in [-0.2, 0) is 14.3 Å². The van der Waals surface area contributed by atoms with Crippen molar-refractivity contribution in [2.75, 3.05) is 26.3 Å². The molecule has 1 aromatic rings. The molecule has 1 fully saturated rings. The smallest absolute Gasteiger partial charge is 0.334 e. The number of carbonyl (C=O) groups excluding carboxylic acids is 1. The molecule has 1 amide bonds. The van der Waals surface area contributed by atoms with E-state index in [1.165, 1.54) is 0 Å². The molecule has 0 radical (unpaired) electrons. The largest absolute Gasteiger partial charge is 0.494 e. The number of carboxylic acid groups (broad SMARTS) is 1. The van der Waals surface area contributed by atoms with Crippen LogP contribution >= 0.6 is 0 Å². The summed E-state index contributed by atoms with van der Waals surface area (Å²) in [4.78, 5) is 24.4. The predicted molar refractivity (Wildman–Crippen MR) is 75.1 cm³/mol. The minimum Gasteiger partial charge on any atom is -0.494 e. The Hall–Kier alpha value is -2.08. The van der Waals surface area contributed by atoms with E-state index in [1.54, 1.807) is 4.90 Å². The zero-order valence-electron chi connectivity index (χ0n) is 11.7. The molecule has 1 atom stereocenters. The fraction of sp³-hybridized carbons (Fsp3) is 0.467. The second kappa shape index (κ2) is 7.64. The minimum atomic E-state index is -1.03. The zero-order valence-corrected chi connectivity index (χ0v) is 11.7. The van der Waals surface area contributed by atoms with Gasteiger partial charge in [0.25, 0.3) is 0 Å². The first kappa shape index (κ1) is 15.3. The van der Waals surface area contributed by atoms with E-state index in [9.17, 15) is 9.59 Å². The molecule has 114 valence electrons. The molecule has 1 saturated heterocycles. The number of morpholine rings is 1. The van der Waals surface area contributed by atoms with E-state index >= 15 is 0 Å². The molecule has 1 heterocycles. The molecular formula is C15H19NO5. The summed E-state index contributed by atoms with van der Waals surface area (Å²) in [5, 5.41) is 8.90. The van der Waals surface area contributed by atoms with Crippen LogP contribution in [0.4, 0.5) is 0 Å². The molecule has 21 heavy (non-hydrogen) atoms. The van der Waals surface area contributed by atoms with Gasteiger partial charge in [-0.3, -0.25) is 4.79 Å². The van der Waals surface area contributed by atoms with Crippen molar-refractivity contribution in [3.05, 3.63) is 30.3 Å². The van der Waals surface area contributed by atoms with Crippen molar-refractivity contribution in [2.45, 2.75) is 18.9 Å². The van der Waals surface area contributed by atoms with Gasteiger partial charge in [0.15, 0.2) is 6.10 Å². The highest BCUT2D eigenvalue weighted by Gasteiger charge is 2.28. The average molecular weight is 293 g/mol. The van der Waals surface area contributed by atoms with E-state index < -0.39 is 12.1 Å². The van der Waals surface area contributed by atoms with Crippen molar-refractivity contribution >= 4 is 11.9 Å². The number of rotatable bonds is 6. The Morgan fingerprint density at radius 1 is 1.33 bits per heavy atom. The number of carboxylic acids is 1. The SMILES string of the molecule is O=C(O)[C@H]1CN(C(=O)CCCOc2ccccc2)CCO1. The second-order valence-corrected chi connectivity index (χ2v) is 4.80. The van der Waals surface area contributed by atoms with Crippen LogP contribution in [0.15, 0.2) is 30.3 Å². The van der Waals surface area contributed by atoms with Crippen LogP contribution in [0.3, 0.4) is 0 Å². The molecule has 0 bridgehead atoms. The number of para-hydroxylation sites is 1. The summed E-state index contributed by atoms with van der Waals surface area (Å²) in [6.45, 7) is 1.29. The first-order valence-corrected chi connectivity index (χ1v) is 6.97. The van der Waals surface area contributed by atoms with Gasteiger partial charge < -0.3 is 19.5 Å². The van der Waals surface area contributed by atoms with Crippen molar-refractivity contribution in [3.63, 3.8) is 0 Å². The van der Waals surface area contributed by atoms with Crippen LogP contribution in [0.25, 0.3) is 0 Å². The van der Waals surface area contributed by atoms with Gasteiger partial charge in [-0.05, 0) is 18.6 Å². The molecule has 1 aromatic carbocycles. The number of ether oxygens (including phenoxy) is 2. The molecule has 0 spiro atoms. The average Bonchev–Trinajstić information content (AvgIpc) is 2.52. The minimum absolute atomic E-state index is 0.0544. The quantitative estimate of drug-likeness (QED) is 0.796. The van der Waals surface area contributed by atoms with Gasteiger partial charge in [-0.2, -0.15) is 0 Å². The fourth-order valence-electron chi connectivity index (χ4n) is 2.11. The maximum atomic E-state index is 12.0. The van der Waals surface area contributed by atoms with Gasteiger partial charge in [-0.25, -0.2) is 4.79 Å². The number of nitrogens with zero attached hydrogens (tertiary/aromatic N) is 1. The van der Waals surface area contributed by atoms with Crippen molar-refractivity contribution < 1.29 is 24.2 Å². The summed E-state index contributed by atoms with van der Waals surface area (Å²) in [5.74, 6) is -0.302. The molecule has 1 aliphatic rings. The Labute approximate surface area is 123 Å². The van der Waals surface area contributed by atoms with Crippen molar-refractivity contribution in [2.24, 2.45) is 0 Å². The van der Waals surface area contributed by atoms with Crippen LogP contribution < -0.4 is 4.74 Å². The zero-order chi connectivity index (χ0) is 15.1. The third-order valence-corrected chi connectivity index (χ3v) is 3.24. The van der Waals surface area contributed by atoms with Gasteiger partial charge in [0.2, 0.25) is 5.91 Å². The number of carbonyl (C=O) groups is 2. The maximum absolute atomic E-state index is 12.0. The number of aliphatic carboxylic acids is 1. The van der Waals surface area contributed by atoms with Crippen LogP contribution in [0.1, 0.15) is 12.8 Å². The normalized spacial score (nSPS) is 18.3. The Morgan fingerprint density at radius 3 is 2.81 bits per heavy atom. The van der Waals surface area contributed by atoms with E-state index in [4.69, 9.17) is 14.6 Å². The van der Waals surface area contributed by atoms with Crippen LogP contribution in [0, 0.1) is 0 Å². The molecule has 6 nitrogen and oxygen atoms in total. The molecular weight excluding hydrogens is 274 g/mol. The predicted octanol–water partition coefficient (Wildman–Crippen LogP) is 1.16. The lowest BCUT2D eigenvalue weighted by Crippen LogP contribution is -2.48. The molecule has 0 aliphatic carbocycles. The summed E-state index contributed by atoms with van der Waals surface area (Å²) >= 11 is 0. The molecule has 0 unspecified atom stereocenters. The van der Waals surface area contributed by atoms with Gasteiger partial charge >= 0.3 is 5.97 Å². The monoisotopic (exact) mass is 293 g/mol. The summed E-state index contributed by atoms with van der Waals surface area (Å²) in [6.07, 6.45) is 0.0328. The highest BCUT2D eigenvalue weighted by Crippen LogP contribution is 2.11. The van der Waals surface area contributed by atoms with E-state index in [1.807, 2.05) is 30.3 Å². The van der Waals surface area contributed by atoms with E-state index in [-0.39, 0.29) is 19.1 Å². The number of hydrogen-bond acceptors (Lipinski definition) is 4. The molecule has 1 N–H and O–H groups in total. The molecule has 0 saturated carbocycles. The first-order valence-electron chi connectivity index (χ1n) is 6.97. The fourth-order valence-corrected chi connectivity index (χ4v) is 2.11. The summed E-state index contributed by atoms with van der Waals surface area (Å²) in [7, 11) is 0. The first-order chi connectivity index (χ1) is 10.2. The van der Waals surface area contributed by atoms with Gasteiger partial charge in [0.1, 0.15) is 5.75 Å². The summed E-state index contributed by atoms with van der Waals surface area (Å²) in [5.41, 5.74) is 0. The lowest BCUT2D eigenvalue weighted by Gasteiger charge is -2.30. The third-order valence-electron chi connectivity index (χ3n) is 3.24. The van der Waals surface area contributed by atoms with Crippen molar-refractivity contribution in [1.29, 1.82) is 0 Å². The number of amides is 1. The van der Waals surface area contributed by atoms with Crippen LogP contribution in [0.5, 0.6) is 5.75 Å². The highest BCUT2D eigenvalue weighted by atomic mass is 16.5. The van der Waals surface area contributed by atoms with Gasteiger partial charge in [0.05, 0.1) is 19.8 Å². The van der Waals surface area contributed by atoms with E-state index in [0.29, 0.717) is 26.0 Å². The van der Waals surface area contributed by atoms with Crippen LogP contribution in [0.2, 0.25) is 0 Å². The lowest BCUT2D eigenvalue weighted by atomic mass is 10.2. The van der Waals surface area contributed by atoms with E-state index in [0.717, 1.165) is 5.75 Å². The molecule has 1 aliphatic heterocycles. The van der Waals surface area contributed by atoms with Crippen molar-refractivity contribution in [3.8, 4) is 5.75 Å². The lowest BCUT2D eigenvalue weighted by molar-refractivity contribution is -0.159. The molecule has 2 rings (SSSR count). The van der Waals surface area contributed by atoms with Crippen LogP contribution in [-0.4, -0.2) is 54.3 Å². The highest BCUT2D eigenvalue weighted by molar-refractivity contribution is 5.78. The van der Waals surface area contributed by atoms with Gasteiger partial charge in [0, 0.05) is 13.0 Å². The standard InChI is InChI=1S/C15H19NO5/c17-14(16-8-10-21-13(11-16)15(18)19)7-4-9-20-12-5-2-1-3-6-12/h1-3,5-6,13H,4,7-11H2,(H,18,19)/t13-/m1/s1. The van der Waals surface area contributed by atoms with Gasteiger partial charge in [-0.15, -0.1) is 0 Å².